The van der Waals surface area contributed by atoms with E-state index in [1.165, 1.54) is 11.3 Å². The van der Waals surface area contributed by atoms with Crippen molar-refractivity contribution in [2.45, 2.75) is 6.04 Å². The minimum absolute atomic E-state index is 0.340. The van der Waals surface area contributed by atoms with Crippen molar-refractivity contribution in [3.63, 3.8) is 0 Å². The van der Waals surface area contributed by atoms with Crippen LogP contribution < -0.4 is 15.2 Å². The summed E-state index contributed by atoms with van der Waals surface area (Å²) in [6, 6.07) is 5.26. The van der Waals surface area contributed by atoms with Gasteiger partial charge in [0.05, 0.1) is 37.0 Å². The molecule has 90 valence electrons. The average Bonchev–Trinajstić information content (AvgIpc) is 2.90. The van der Waals surface area contributed by atoms with E-state index in [1.54, 1.807) is 19.7 Å². The molecule has 2 rings (SSSR count). The average molecular weight is 250 g/mol. The minimum Gasteiger partial charge on any atom is -0.496 e. The molecule has 0 amide bonds. The van der Waals surface area contributed by atoms with E-state index < -0.39 is 0 Å². The maximum Gasteiger partial charge on any atom is 0.127 e. The molecule has 0 radical (unpaired) electrons. The molecule has 17 heavy (non-hydrogen) atoms. The fourth-order valence-corrected chi connectivity index (χ4v) is 2.30. The van der Waals surface area contributed by atoms with Gasteiger partial charge in [-0.15, -0.1) is 11.3 Å². The molecule has 2 N–H and O–H groups in total. The van der Waals surface area contributed by atoms with Crippen LogP contribution in [0.2, 0.25) is 0 Å². The molecule has 1 heterocycles. The topological polar surface area (TPSA) is 57.4 Å². The zero-order valence-corrected chi connectivity index (χ0v) is 10.5. The zero-order chi connectivity index (χ0) is 12.3. The third kappa shape index (κ3) is 2.25. The quantitative estimate of drug-likeness (QED) is 0.903. The summed E-state index contributed by atoms with van der Waals surface area (Å²) in [5, 5.41) is 1.93. The number of nitrogens with two attached hydrogens (primary N) is 1. The van der Waals surface area contributed by atoms with Crippen LogP contribution in [0.25, 0.3) is 0 Å². The Morgan fingerprint density at radius 2 is 1.88 bits per heavy atom. The molecule has 0 spiro atoms. The van der Waals surface area contributed by atoms with E-state index >= 15 is 0 Å². The molecule has 0 saturated carbocycles. The van der Waals surface area contributed by atoms with Crippen LogP contribution in [0.3, 0.4) is 0 Å². The number of nitrogens with zero attached hydrogens (tertiary/aromatic N) is 1. The third-order valence-electron chi connectivity index (χ3n) is 2.55. The maximum atomic E-state index is 6.20. The first-order valence-corrected chi connectivity index (χ1v) is 6.06. The van der Waals surface area contributed by atoms with Gasteiger partial charge < -0.3 is 15.2 Å². The fourth-order valence-electron chi connectivity index (χ4n) is 1.71. The Morgan fingerprint density at radius 3 is 2.35 bits per heavy atom. The van der Waals surface area contributed by atoms with Crippen LogP contribution in [-0.4, -0.2) is 19.2 Å². The molecule has 0 aliphatic heterocycles. The predicted molar refractivity (Wildman–Crippen MR) is 67.7 cm³/mol. The molecule has 0 saturated heterocycles. The zero-order valence-electron chi connectivity index (χ0n) is 9.71. The molecule has 2 aromatic rings. The van der Waals surface area contributed by atoms with Gasteiger partial charge in [-0.25, -0.2) is 4.98 Å². The Kier molecular flexibility index (Phi) is 3.61. The van der Waals surface area contributed by atoms with Crippen molar-refractivity contribution in [2.24, 2.45) is 5.73 Å². The van der Waals surface area contributed by atoms with Gasteiger partial charge in [-0.2, -0.15) is 0 Å². The Hall–Kier alpha value is -1.59. The monoisotopic (exact) mass is 250 g/mol. The highest BCUT2D eigenvalue weighted by Gasteiger charge is 2.20. The largest absolute Gasteiger partial charge is 0.496 e. The molecule has 1 aromatic carbocycles. The Labute approximate surface area is 104 Å². The molecule has 1 atom stereocenters. The van der Waals surface area contributed by atoms with Crippen molar-refractivity contribution < 1.29 is 9.47 Å². The first-order chi connectivity index (χ1) is 8.27. The Balaban J connectivity index is 2.49. The molecule has 5 heteroatoms. The number of hydrogen-bond donors (Lipinski definition) is 1. The lowest BCUT2D eigenvalue weighted by Gasteiger charge is -2.17. The summed E-state index contributed by atoms with van der Waals surface area (Å²) >= 11 is 1.52. The van der Waals surface area contributed by atoms with E-state index in [4.69, 9.17) is 15.2 Å². The van der Waals surface area contributed by atoms with E-state index in [1.807, 2.05) is 23.6 Å². The van der Waals surface area contributed by atoms with Gasteiger partial charge in [0.2, 0.25) is 0 Å². The van der Waals surface area contributed by atoms with Crippen molar-refractivity contribution in [3.8, 4) is 11.5 Å². The second kappa shape index (κ2) is 5.16. The summed E-state index contributed by atoms with van der Waals surface area (Å²) in [5.41, 5.74) is 9.60. The van der Waals surface area contributed by atoms with Crippen LogP contribution in [0.4, 0.5) is 0 Å². The van der Waals surface area contributed by atoms with Gasteiger partial charge in [0, 0.05) is 5.38 Å². The minimum atomic E-state index is -0.340. The maximum absolute atomic E-state index is 6.20. The van der Waals surface area contributed by atoms with Gasteiger partial charge in [-0.05, 0) is 12.1 Å². The lowest BCUT2D eigenvalue weighted by atomic mass is 10.0. The second-order valence-electron chi connectivity index (χ2n) is 3.47. The molecule has 4 nitrogen and oxygen atoms in total. The van der Waals surface area contributed by atoms with Crippen LogP contribution in [0.1, 0.15) is 17.3 Å². The van der Waals surface area contributed by atoms with Gasteiger partial charge in [-0.1, -0.05) is 6.07 Å². The van der Waals surface area contributed by atoms with Gasteiger partial charge in [0.25, 0.3) is 0 Å². The third-order valence-corrected chi connectivity index (χ3v) is 3.15. The standard InChI is InChI=1S/C12H14N2O2S/c1-15-9-4-3-5-10(16-2)11(9)12(13)8-6-17-7-14-8/h3-7,12H,13H2,1-2H3. The molecule has 1 aromatic heterocycles. The lowest BCUT2D eigenvalue weighted by molar-refractivity contribution is 0.382. The van der Waals surface area contributed by atoms with Crippen LogP contribution in [-0.2, 0) is 0 Å². The normalized spacial score (nSPS) is 12.2. The van der Waals surface area contributed by atoms with Crippen LogP contribution in [0.5, 0.6) is 11.5 Å². The number of benzene rings is 1. The highest BCUT2D eigenvalue weighted by Crippen LogP contribution is 2.35. The van der Waals surface area contributed by atoms with E-state index in [-0.39, 0.29) is 6.04 Å². The highest BCUT2D eigenvalue weighted by molar-refractivity contribution is 7.07. The molecular weight excluding hydrogens is 236 g/mol. The number of methoxy groups -OCH3 is 2. The van der Waals surface area contributed by atoms with E-state index in [2.05, 4.69) is 4.98 Å². The fraction of sp³-hybridized carbons (Fsp3) is 0.250. The molecule has 0 aliphatic carbocycles. The van der Waals surface area contributed by atoms with Gasteiger partial charge >= 0.3 is 0 Å². The van der Waals surface area contributed by atoms with Crippen molar-refractivity contribution in [1.82, 2.24) is 4.98 Å². The van der Waals surface area contributed by atoms with Gasteiger partial charge in [-0.3, -0.25) is 0 Å². The number of aromatic nitrogens is 1. The number of rotatable bonds is 4. The molecule has 0 aliphatic rings. The van der Waals surface area contributed by atoms with Crippen LogP contribution in [0, 0.1) is 0 Å². The smallest absolute Gasteiger partial charge is 0.127 e. The van der Waals surface area contributed by atoms with E-state index in [0.29, 0.717) is 11.5 Å². The van der Waals surface area contributed by atoms with Crippen LogP contribution >= 0.6 is 11.3 Å². The summed E-state index contributed by atoms with van der Waals surface area (Å²) in [6.45, 7) is 0. The Bertz CT molecular complexity index is 463. The van der Waals surface area contributed by atoms with Crippen molar-refractivity contribution in [2.75, 3.05) is 14.2 Å². The van der Waals surface area contributed by atoms with Gasteiger partial charge in [0.15, 0.2) is 0 Å². The summed E-state index contributed by atoms with van der Waals surface area (Å²) in [6.07, 6.45) is 0. The van der Waals surface area contributed by atoms with Gasteiger partial charge in [0.1, 0.15) is 11.5 Å². The van der Waals surface area contributed by atoms with E-state index in [9.17, 15) is 0 Å². The lowest BCUT2D eigenvalue weighted by Crippen LogP contribution is -2.14. The van der Waals surface area contributed by atoms with Crippen molar-refractivity contribution >= 4 is 11.3 Å². The SMILES string of the molecule is COc1cccc(OC)c1C(N)c1cscn1. The van der Waals surface area contributed by atoms with Crippen molar-refractivity contribution in [1.29, 1.82) is 0 Å². The number of ether oxygens (including phenoxy) is 2. The summed E-state index contributed by atoms with van der Waals surface area (Å²) in [4.78, 5) is 4.23. The molecule has 0 fully saturated rings. The summed E-state index contributed by atoms with van der Waals surface area (Å²) in [7, 11) is 3.23. The molecule has 0 bridgehead atoms. The molecule has 1 unspecified atom stereocenters. The number of hydrogen-bond acceptors (Lipinski definition) is 5. The summed E-state index contributed by atoms with van der Waals surface area (Å²) < 4.78 is 10.6. The highest BCUT2D eigenvalue weighted by atomic mass is 32.1. The number of thiazole rings is 1. The second-order valence-corrected chi connectivity index (χ2v) is 4.19. The van der Waals surface area contributed by atoms with Crippen LogP contribution in [0.15, 0.2) is 29.1 Å². The summed E-state index contributed by atoms with van der Waals surface area (Å²) in [5.74, 6) is 1.43. The molecular formula is C12H14N2O2S. The van der Waals surface area contributed by atoms with Crippen molar-refractivity contribution in [3.05, 3.63) is 40.3 Å². The first kappa shape index (κ1) is 11.9. The Morgan fingerprint density at radius 1 is 1.24 bits per heavy atom. The van der Waals surface area contributed by atoms with E-state index in [0.717, 1.165) is 11.3 Å². The first-order valence-electron chi connectivity index (χ1n) is 5.12. The predicted octanol–water partition coefficient (Wildman–Crippen LogP) is 2.21.